The SMILES string of the molecule is O=c1c2ccccc2[nH]c(=S)n1CCN1CCCCC1=C(c1ccc(F)cc1)c1ccc(F)cc1. The summed E-state index contributed by atoms with van der Waals surface area (Å²) in [5, 5.41) is 0.605. The molecule has 0 spiro atoms. The zero-order valence-corrected chi connectivity index (χ0v) is 20.0. The zero-order chi connectivity index (χ0) is 24.4. The summed E-state index contributed by atoms with van der Waals surface area (Å²) in [5.74, 6) is -0.606. The van der Waals surface area contributed by atoms with Crippen molar-refractivity contribution in [1.82, 2.24) is 14.5 Å². The Kier molecular flexibility index (Phi) is 6.59. The summed E-state index contributed by atoms with van der Waals surface area (Å²) in [5.41, 5.74) is 4.44. The number of H-pyrrole nitrogens is 1. The van der Waals surface area contributed by atoms with Crippen molar-refractivity contribution >= 4 is 28.7 Å². The number of nitrogens with zero attached hydrogens (tertiary/aromatic N) is 2. The number of hydrogen-bond donors (Lipinski definition) is 1. The summed E-state index contributed by atoms with van der Waals surface area (Å²) in [7, 11) is 0. The Labute approximate surface area is 207 Å². The minimum Gasteiger partial charge on any atom is -0.373 e. The average Bonchev–Trinajstić information content (AvgIpc) is 2.87. The molecule has 4 nitrogen and oxygen atoms in total. The molecule has 0 unspecified atom stereocenters. The molecule has 0 saturated carbocycles. The second kappa shape index (κ2) is 9.96. The fourth-order valence-electron chi connectivity index (χ4n) is 4.77. The topological polar surface area (TPSA) is 41.0 Å². The van der Waals surface area contributed by atoms with E-state index in [-0.39, 0.29) is 17.2 Å². The maximum atomic E-state index is 13.7. The van der Waals surface area contributed by atoms with E-state index in [0.29, 0.717) is 23.2 Å². The van der Waals surface area contributed by atoms with E-state index in [1.165, 1.54) is 24.3 Å². The van der Waals surface area contributed by atoms with Gasteiger partial charge in [-0.3, -0.25) is 9.36 Å². The molecule has 0 atom stereocenters. The van der Waals surface area contributed by atoms with Gasteiger partial charge >= 0.3 is 0 Å². The Morgan fingerprint density at radius 2 is 1.49 bits per heavy atom. The van der Waals surface area contributed by atoms with Gasteiger partial charge < -0.3 is 9.88 Å². The molecule has 0 amide bonds. The van der Waals surface area contributed by atoms with Gasteiger partial charge in [-0.05, 0) is 79.0 Å². The van der Waals surface area contributed by atoms with Gasteiger partial charge in [0.15, 0.2) is 4.77 Å². The lowest BCUT2D eigenvalue weighted by atomic mass is 9.91. The Morgan fingerprint density at radius 1 is 0.857 bits per heavy atom. The molecule has 1 aliphatic heterocycles. The summed E-state index contributed by atoms with van der Waals surface area (Å²) in [6.07, 6.45) is 2.89. The lowest BCUT2D eigenvalue weighted by Gasteiger charge is -2.34. The van der Waals surface area contributed by atoms with E-state index < -0.39 is 0 Å². The van der Waals surface area contributed by atoms with Crippen LogP contribution in [0.2, 0.25) is 0 Å². The molecule has 2 heterocycles. The van der Waals surface area contributed by atoms with Gasteiger partial charge in [-0.1, -0.05) is 36.4 Å². The normalized spacial score (nSPS) is 13.9. The van der Waals surface area contributed by atoms with Gasteiger partial charge in [-0.25, -0.2) is 8.78 Å². The molecule has 1 fully saturated rings. The molecule has 0 bridgehead atoms. The molecule has 1 aromatic heterocycles. The third-order valence-electron chi connectivity index (χ3n) is 6.51. The average molecular weight is 490 g/mol. The molecule has 1 saturated heterocycles. The number of nitrogens with one attached hydrogen (secondary N) is 1. The van der Waals surface area contributed by atoms with Crippen LogP contribution in [-0.4, -0.2) is 27.5 Å². The summed E-state index contributed by atoms with van der Waals surface area (Å²) < 4.78 is 29.4. The number of rotatable bonds is 5. The number of halogens is 2. The van der Waals surface area contributed by atoms with Crippen LogP contribution >= 0.6 is 12.2 Å². The van der Waals surface area contributed by atoms with E-state index in [4.69, 9.17) is 12.2 Å². The van der Waals surface area contributed by atoms with Crippen LogP contribution in [0.1, 0.15) is 30.4 Å². The van der Waals surface area contributed by atoms with Crippen LogP contribution in [0, 0.1) is 16.4 Å². The van der Waals surface area contributed by atoms with Crippen LogP contribution < -0.4 is 5.56 Å². The van der Waals surface area contributed by atoms with Gasteiger partial charge in [0.25, 0.3) is 5.56 Å². The number of piperidine rings is 1. The van der Waals surface area contributed by atoms with E-state index in [1.54, 1.807) is 34.9 Å². The number of aromatic amines is 1. The monoisotopic (exact) mass is 489 g/mol. The van der Waals surface area contributed by atoms with Crippen molar-refractivity contribution in [2.75, 3.05) is 13.1 Å². The molecule has 35 heavy (non-hydrogen) atoms. The predicted octanol–water partition coefficient (Wildman–Crippen LogP) is 6.28. The van der Waals surface area contributed by atoms with Crippen molar-refractivity contribution in [1.29, 1.82) is 0 Å². The Bertz CT molecular complexity index is 1460. The van der Waals surface area contributed by atoms with Gasteiger partial charge in [-0.15, -0.1) is 0 Å². The van der Waals surface area contributed by atoms with Crippen molar-refractivity contribution in [3.8, 4) is 0 Å². The molecule has 5 rings (SSSR count). The molecule has 1 N–H and O–H groups in total. The zero-order valence-electron chi connectivity index (χ0n) is 19.1. The lowest BCUT2D eigenvalue weighted by Crippen LogP contribution is -2.34. The molecule has 178 valence electrons. The van der Waals surface area contributed by atoms with Crippen LogP contribution in [0.4, 0.5) is 8.78 Å². The van der Waals surface area contributed by atoms with E-state index in [2.05, 4.69) is 9.88 Å². The van der Waals surface area contributed by atoms with E-state index in [0.717, 1.165) is 53.7 Å². The third-order valence-corrected chi connectivity index (χ3v) is 6.83. The highest BCUT2D eigenvalue weighted by atomic mass is 32.1. The standard InChI is InChI=1S/C28H25F2N3OS/c29-21-12-8-19(9-13-21)26(20-10-14-22(30)15-11-20)25-7-3-4-16-32(25)17-18-33-27(34)23-5-1-2-6-24(23)31-28(33)35/h1-2,5-6,8-15H,3-4,7,16-18H2,(H,31,35). The maximum absolute atomic E-state index is 13.7. The Hall–Kier alpha value is -3.58. The lowest BCUT2D eigenvalue weighted by molar-refractivity contribution is 0.279. The molecule has 3 aromatic carbocycles. The van der Waals surface area contributed by atoms with Gasteiger partial charge in [-0.2, -0.15) is 0 Å². The molecule has 7 heteroatoms. The van der Waals surface area contributed by atoms with Crippen LogP contribution in [-0.2, 0) is 6.54 Å². The first-order chi connectivity index (χ1) is 17.0. The third kappa shape index (κ3) is 4.82. The highest BCUT2D eigenvalue weighted by Gasteiger charge is 2.22. The number of para-hydroxylation sites is 1. The summed E-state index contributed by atoms with van der Waals surface area (Å²) in [6, 6.07) is 20.2. The first-order valence-electron chi connectivity index (χ1n) is 11.7. The first-order valence-corrected chi connectivity index (χ1v) is 12.1. The first kappa shape index (κ1) is 23.2. The van der Waals surface area contributed by atoms with Gasteiger partial charge in [0.1, 0.15) is 11.6 Å². The molecule has 0 aliphatic carbocycles. The fourth-order valence-corrected chi connectivity index (χ4v) is 5.06. The number of fused-ring (bicyclic) bond motifs is 1. The van der Waals surface area contributed by atoms with Crippen molar-refractivity contribution in [3.63, 3.8) is 0 Å². The van der Waals surface area contributed by atoms with Gasteiger partial charge in [0.2, 0.25) is 0 Å². The minimum absolute atomic E-state index is 0.107. The van der Waals surface area contributed by atoms with Crippen molar-refractivity contribution in [2.45, 2.75) is 25.8 Å². The number of aromatic nitrogens is 2. The summed E-state index contributed by atoms with van der Waals surface area (Å²) in [4.78, 5) is 18.6. The quantitative estimate of drug-likeness (QED) is 0.335. The number of hydrogen-bond acceptors (Lipinski definition) is 3. The molecular weight excluding hydrogens is 464 g/mol. The van der Waals surface area contributed by atoms with Crippen LogP contribution in [0.5, 0.6) is 0 Å². The second-order valence-electron chi connectivity index (χ2n) is 8.71. The molecule has 4 aromatic rings. The summed E-state index contributed by atoms with van der Waals surface area (Å²) >= 11 is 5.50. The predicted molar refractivity (Wildman–Crippen MR) is 138 cm³/mol. The second-order valence-corrected chi connectivity index (χ2v) is 9.10. The van der Waals surface area contributed by atoms with E-state index >= 15 is 0 Å². The van der Waals surface area contributed by atoms with Crippen LogP contribution in [0.3, 0.4) is 0 Å². The highest BCUT2D eigenvalue weighted by Crippen LogP contribution is 2.34. The Balaban J connectivity index is 1.55. The van der Waals surface area contributed by atoms with Crippen molar-refractivity contribution < 1.29 is 8.78 Å². The number of likely N-dealkylation sites (tertiary alicyclic amines) is 1. The maximum Gasteiger partial charge on any atom is 0.262 e. The number of allylic oxidation sites excluding steroid dienone is 1. The van der Waals surface area contributed by atoms with Gasteiger partial charge in [0.05, 0.1) is 10.9 Å². The molecule has 0 radical (unpaired) electrons. The van der Waals surface area contributed by atoms with Crippen LogP contribution in [0.25, 0.3) is 16.5 Å². The van der Waals surface area contributed by atoms with E-state index in [1.807, 2.05) is 18.2 Å². The smallest absolute Gasteiger partial charge is 0.262 e. The van der Waals surface area contributed by atoms with Crippen molar-refractivity contribution in [3.05, 3.63) is 116 Å². The molecular formula is C28H25F2N3OS. The fraction of sp³-hybridized carbons (Fsp3) is 0.214. The largest absolute Gasteiger partial charge is 0.373 e. The number of benzene rings is 3. The summed E-state index contributed by atoms with van der Waals surface area (Å²) in [6.45, 7) is 1.86. The van der Waals surface area contributed by atoms with Crippen LogP contribution in [0.15, 0.2) is 83.3 Å². The highest BCUT2D eigenvalue weighted by molar-refractivity contribution is 7.71. The Morgan fingerprint density at radius 3 is 2.14 bits per heavy atom. The van der Waals surface area contributed by atoms with Crippen molar-refractivity contribution in [2.24, 2.45) is 0 Å². The molecule has 1 aliphatic rings. The van der Waals surface area contributed by atoms with Gasteiger partial charge in [0, 0.05) is 30.9 Å². The minimum atomic E-state index is -0.303. The van der Waals surface area contributed by atoms with E-state index in [9.17, 15) is 13.6 Å².